The Morgan fingerprint density at radius 2 is 2.00 bits per heavy atom. The molecule has 8 heteroatoms. The number of carbonyl (C=O) groups excluding carboxylic acids is 1. The molecule has 0 spiro atoms. The Bertz CT molecular complexity index is 853. The maximum atomic E-state index is 12.7. The molecule has 1 unspecified atom stereocenters. The Morgan fingerprint density at radius 1 is 1.24 bits per heavy atom. The summed E-state index contributed by atoms with van der Waals surface area (Å²) in [7, 11) is 0. The van der Waals surface area contributed by atoms with Crippen molar-refractivity contribution in [2.75, 3.05) is 49.5 Å². The summed E-state index contributed by atoms with van der Waals surface area (Å²) in [6.07, 6.45) is 4.51. The maximum absolute atomic E-state index is 12.7. The first kappa shape index (κ1) is 19.4. The van der Waals surface area contributed by atoms with Gasteiger partial charge in [0.05, 0.1) is 18.8 Å². The average Bonchev–Trinajstić information content (AvgIpc) is 3.08. The lowest BCUT2D eigenvalue weighted by atomic mass is 10.1. The van der Waals surface area contributed by atoms with E-state index in [0.717, 1.165) is 49.9 Å². The zero-order valence-electron chi connectivity index (χ0n) is 16.9. The van der Waals surface area contributed by atoms with Crippen LogP contribution in [0.2, 0.25) is 0 Å². The van der Waals surface area contributed by atoms with Gasteiger partial charge in [-0.15, -0.1) is 0 Å². The summed E-state index contributed by atoms with van der Waals surface area (Å²) in [5.41, 5.74) is 1.79. The summed E-state index contributed by atoms with van der Waals surface area (Å²) in [6.45, 7) is 8.03. The largest absolute Gasteiger partial charge is 0.492 e. The van der Waals surface area contributed by atoms with Crippen molar-refractivity contribution in [2.24, 2.45) is 0 Å². The number of anilines is 2. The number of ether oxygens (including phenoxy) is 2. The molecule has 1 aromatic carbocycles. The van der Waals surface area contributed by atoms with E-state index in [0.29, 0.717) is 24.6 Å². The molecule has 29 heavy (non-hydrogen) atoms. The number of benzene rings is 1. The van der Waals surface area contributed by atoms with Crippen LogP contribution in [-0.4, -0.2) is 66.2 Å². The van der Waals surface area contributed by atoms with E-state index in [4.69, 9.17) is 9.47 Å². The van der Waals surface area contributed by atoms with Gasteiger partial charge >= 0.3 is 0 Å². The van der Waals surface area contributed by atoms with Crippen LogP contribution in [0.1, 0.15) is 19.4 Å². The fourth-order valence-electron chi connectivity index (χ4n) is 3.77. The van der Waals surface area contributed by atoms with Gasteiger partial charge in [-0.05, 0) is 26.0 Å². The van der Waals surface area contributed by atoms with E-state index in [-0.39, 0.29) is 12.0 Å². The molecule has 1 atom stereocenters. The second-order valence-corrected chi connectivity index (χ2v) is 7.38. The Kier molecular flexibility index (Phi) is 5.80. The normalized spacial score (nSPS) is 18.8. The van der Waals surface area contributed by atoms with Crippen LogP contribution in [0.15, 0.2) is 30.6 Å². The van der Waals surface area contributed by atoms with Crippen LogP contribution in [0.25, 0.3) is 0 Å². The third-order valence-electron chi connectivity index (χ3n) is 5.15. The SMILES string of the molecule is CCOc1cc2c(cc1NC(=O)CN1CCN(c3ncccn3)CC1)OC(C)C2. The van der Waals surface area contributed by atoms with Crippen molar-refractivity contribution in [1.82, 2.24) is 14.9 Å². The van der Waals surface area contributed by atoms with E-state index in [1.54, 1.807) is 12.4 Å². The van der Waals surface area contributed by atoms with Crippen molar-refractivity contribution >= 4 is 17.5 Å². The highest BCUT2D eigenvalue weighted by Crippen LogP contribution is 2.38. The lowest BCUT2D eigenvalue weighted by molar-refractivity contribution is -0.117. The minimum Gasteiger partial charge on any atom is -0.492 e. The molecule has 1 fully saturated rings. The van der Waals surface area contributed by atoms with Gasteiger partial charge in [0, 0.05) is 56.6 Å². The molecular formula is C21H27N5O3. The summed E-state index contributed by atoms with van der Waals surface area (Å²) < 4.78 is 11.6. The zero-order chi connectivity index (χ0) is 20.2. The van der Waals surface area contributed by atoms with E-state index in [1.807, 2.05) is 32.0 Å². The number of nitrogens with zero attached hydrogens (tertiary/aromatic N) is 4. The molecule has 0 saturated carbocycles. The number of rotatable bonds is 6. The van der Waals surface area contributed by atoms with Gasteiger partial charge in [-0.25, -0.2) is 9.97 Å². The number of nitrogens with one attached hydrogen (secondary N) is 1. The summed E-state index contributed by atoms with van der Waals surface area (Å²) in [4.78, 5) is 25.5. The quantitative estimate of drug-likeness (QED) is 0.798. The summed E-state index contributed by atoms with van der Waals surface area (Å²) in [5.74, 6) is 2.21. The smallest absolute Gasteiger partial charge is 0.238 e. The molecule has 1 amide bonds. The molecule has 8 nitrogen and oxygen atoms in total. The lowest BCUT2D eigenvalue weighted by Gasteiger charge is -2.34. The summed E-state index contributed by atoms with van der Waals surface area (Å²) >= 11 is 0. The minimum absolute atomic E-state index is 0.0543. The van der Waals surface area contributed by atoms with Crippen LogP contribution in [0, 0.1) is 0 Å². The maximum Gasteiger partial charge on any atom is 0.238 e. The Morgan fingerprint density at radius 3 is 2.72 bits per heavy atom. The highest BCUT2D eigenvalue weighted by Gasteiger charge is 2.24. The van der Waals surface area contributed by atoms with Gasteiger partial charge in [-0.1, -0.05) is 0 Å². The Labute approximate surface area is 170 Å². The fraction of sp³-hybridized carbons (Fsp3) is 0.476. The van der Waals surface area contributed by atoms with Crippen LogP contribution < -0.4 is 19.7 Å². The fourth-order valence-corrected chi connectivity index (χ4v) is 3.77. The number of carbonyl (C=O) groups is 1. The molecule has 1 aromatic heterocycles. The number of hydrogen-bond donors (Lipinski definition) is 1. The topological polar surface area (TPSA) is 79.8 Å². The van der Waals surface area contributed by atoms with Gasteiger partial charge in [-0.3, -0.25) is 9.69 Å². The molecule has 1 N–H and O–H groups in total. The first-order valence-electron chi connectivity index (χ1n) is 10.1. The van der Waals surface area contributed by atoms with Crippen molar-refractivity contribution in [3.8, 4) is 11.5 Å². The Balaban J connectivity index is 1.35. The molecular weight excluding hydrogens is 370 g/mol. The van der Waals surface area contributed by atoms with Crippen LogP contribution in [-0.2, 0) is 11.2 Å². The highest BCUT2D eigenvalue weighted by molar-refractivity contribution is 5.94. The van der Waals surface area contributed by atoms with Crippen molar-refractivity contribution in [2.45, 2.75) is 26.4 Å². The number of amides is 1. The molecule has 3 heterocycles. The molecule has 4 rings (SSSR count). The Hall–Kier alpha value is -2.87. The molecule has 1 saturated heterocycles. The predicted octanol–water partition coefficient (Wildman–Crippen LogP) is 1.96. The van der Waals surface area contributed by atoms with Crippen LogP contribution in [0.4, 0.5) is 11.6 Å². The van der Waals surface area contributed by atoms with E-state index in [1.165, 1.54) is 0 Å². The van der Waals surface area contributed by atoms with Gasteiger partial charge in [0.1, 0.15) is 17.6 Å². The standard InChI is InChI=1S/C21H27N5O3/c1-3-28-19-12-16-11-15(2)29-18(16)13-17(19)24-20(27)14-25-7-9-26(10-8-25)21-22-5-4-6-23-21/h4-6,12-13,15H,3,7-11,14H2,1-2H3,(H,24,27). The third kappa shape index (κ3) is 4.59. The van der Waals surface area contributed by atoms with Gasteiger partial charge in [-0.2, -0.15) is 0 Å². The van der Waals surface area contributed by atoms with Crippen LogP contribution in [0.3, 0.4) is 0 Å². The summed E-state index contributed by atoms with van der Waals surface area (Å²) in [5, 5.41) is 3.01. The monoisotopic (exact) mass is 397 g/mol. The van der Waals surface area contributed by atoms with Crippen molar-refractivity contribution < 1.29 is 14.3 Å². The molecule has 2 aliphatic rings. The van der Waals surface area contributed by atoms with E-state index < -0.39 is 0 Å². The highest BCUT2D eigenvalue weighted by atomic mass is 16.5. The predicted molar refractivity (Wildman–Crippen MR) is 111 cm³/mol. The van der Waals surface area contributed by atoms with E-state index in [2.05, 4.69) is 25.1 Å². The molecule has 154 valence electrons. The van der Waals surface area contributed by atoms with Crippen LogP contribution >= 0.6 is 0 Å². The van der Waals surface area contributed by atoms with E-state index in [9.17, 15) is 4.79 Å². The molecule has 0 bridgehead atoms. The van der Waals surface area contributed by atoms with Crippen molar-refractivity contribution in [3.63, 3.8) is 0 Å². The van der Waals surface area contributed by atoms with Gasteiger partial charge in [0.15, 0.2) is 0 Å². The zero-order valence-corrected chi connectivity index (χ0v) is 16.9. The molecule has 0 aliphatic carbocycles. The van der Waals surface area contributed by atoms with Gasteiger partial charge in [0.25, 0.3) is 0 Å². The number of aromatic nitrogens is 2. The van der Waals surface area contributed by atoms with Gasteiger partial charge in [0.2, 0.25) is 11.9 Å². The average molecular weight is 397 g/mol. The number of hydrogen-bond acceptors (Lipinski definition) is 7. The van der Waals surface area contributed by atoms with E-state index >= 15 is 0 Å². The first-order chi connectivity index (χ1) is 14.1. The van der Waals surface area contributed by atoms with Gasteiger partial charge < -0.3 is 19.7 Å². The lowest BCUT2D eigenvalue weighted by Crippen LogP contribution is -2.49. The minimum atomic E-state index is -0.0543. The van der Waals surface area contributed by atoms with Crippen LogP contribution in [0.5, 0.6) is 11.5 Å². The second kappa shape index (κ2) is 8.65. The second-order valence-electron chi connectivity index (χ2n) is 7.38. The van der Waals surface area contributed by atoms with Crippen molar-refractivity contribution in [1.29, 1.82) is 0 Å². The first-order valence-corrected chi connectivity index (χ1v) is 10.1. The third-order valence-corrected chi connectivity index (χ3v) is 5.15. The molecule has 2 aliphatic heterocycles. The number of piperazine rings is 1. The molecule has 0 radical (unpaired) electrons. The number of fused-ring (bicyclic) bond motifs is 1. The summed E-state index contributed by atoms with van der Waals surface area (Å²) in [6, 6.07) is 5.67. The van der Waals surface area contributed by atoms with Crippen molar-refractivity contribution in [3.05, 3.63) is 36.2 Å². The molecule has 2 aromatic rings.